The van der Waals surface area contributed by atoms with Gasteiger partial charge in [-0.1, -0.05) is 31.4 Å². The van der Waals surface area contributed by atoms with Crippen LogP contribution in [0.5, 0.6) is 0 Å². The zero-order chi connectivity index (χ0) is 14.5. The number of rotatable bonds is 5. The van der Waals surface area contributed by atoms with E-state index in [0.717, 1.165) is 32.1 Å². The highest BCUT2D eigenvalue weighted by molar-refractivity contribution is 7.86. The molecule has 108 valence electrons. The molecule has 0 bridgehead atoms. The first-order valence-electron chi connectivity index (χ1n) is 6.74. The van der Waals surface area contributed by atoms with Gasteiger partial charge in [0, 0.05) is 12.0 Å². The number of nitro groups is 1. The third-order valence-electron chi connectivity index (χ3n) is 3.64. The largest absolute Gasteiger partial charge is 0.298 e. The van der Waals surface area contributed by atoms with Gasteiger partial charge in [0.1, 0.15) is 10.7 Å². The van der Waals surface area contributed by atoms with E-state index in [1.807, 2.05) is 0 Å². The molecule has 0 heterocycles. The summed E-state index contributed by atoms with van der Waals surface area (Å²) in [4.78, 5) is 22.6. The first-order valence-corrected chi connectivity index (χ1v) is 8.06. The lowest BCUT2D eigenvalue weighted by Gasteiger charge is -2.19. The fourth-order valence-electron chi connectivity index (χ4n) is 2.55. The van der Waals surface area contributed by atoms with Crippen LogP contribution in [0, 0.1) is 16.0 Å². The number of carbonyl (C=O) groups excluding carboxylic acids is 1. The SMILES string of the molecule is O=C(CS(=O)c1ccccc1[N+](=O)[O-])C1CCCCC1. The minimum Gasteiger partial charge on any atom is -0.298 e. The van der Waals surface area contributed by atoms with Gasteiger partial charge in [-0.2, -0.15) is 0 Å². The molecule has 0 spiro atoms. The average Bonchev–Trinajstić information content (AvgIpc) is 2.48. The van der Waals surface area contributed by atoms with Crippen LogP contribution in [0.25, 0.3) is 0 Å². The number of hydrogen-bond acceptors (Lipinski definition) is 4. The van der Waals surface area contributed by atoms with Crippen molar-refractivity contribution in [3.8, 4) is 0 Å². The number of ketones is 1. The van der Waals surface area contributed by atoms with Crippen LogP contribution in [-0.4, -0.2) is 20.7 Å². The monoisotopic (exact) mass is 295 g/mol. The van der Waals surface area contributed by atoms with Crippen LogP contribution in [-0.2, 0) is 15.6 Å². The van der Waals surface area contributed by atoms with E-state index in [2.05, 4.69) is 0 Å². The molecule has 0 N–H and O–H groups in total. The van der Waals surface area contributed by atoms with E-state index in [1.54, 1.807) is 6.07 Å². The molecule has 0 aromatic heterocycles. The quantitative estimate of drug-likeness (QED) is 0.618. The van der Waals surface area contributed by atoms with Crippen molar-refractivity contribution in [1.29, 1.82) is 0 Å². The molecule has 1 aromatic rings. The van der Waals surface area contributed by atoms with Crippen molar-refractivity contribution in [3.63, 3.8) is 0 Å². The number of benzene rings is 1. The van der Waals surface area contributed by atoms with E-state index in [9.17, 15) is 19.1 Å². The highest BCUT2D eigenvalue weighted by Gasteiger charge is 2.25. The molecule has 1 saturated carbocycles. The zero-order valence-corrected chi connectivity index (χ0v) is 11.9. The Bertz CT molecular complexity index is 538. The van der Waals surface area contributed by atoms with Crippen LogP contribution in [0.2, 0.25) is 0 Å². The number of carbonyl (C=O) groups is 1. The molecule has 1 aliphatic rings. The molecule has 6 heteroatoms. The number of nitrogens with zero attached hydrogens (tertiary/aromatic N) is 1. The van der Waals surface area contributed by atoms with Gasteiger partial charge in [0.2, 0.25) is 0 Å². The maximum absolute atomic E-state index is 12.2. The summed E-state index contributed by atoms with van der Waals surface area (Å²) in [7, 11) is -1.64. The fourth-order valence-corrected chi connectivity index (χ4v) is 3.81. The molecule has 5 nitrogen and oxygen atoms in total. The smallest absolute Gasteiger partial charge is 0.285 e. The molecule has 0 amide bonds. The van der Waals surface area contributed by atoms with Crippen LogP contribution >= 0.6 is 0 Å². The Morgan fingerprint density at radius 3 is 2.55 bits per heavy atom. The van der Waals surface area contributed by atoms with Crippen molar-refractivity contribution >= 4 is 22.3 Å². The molecule has 2 rings (SSSR count). The first-order chi connectivity index (χ1) is 9.59. The van der Waals surface area contributed by atoms with Crippen molar-refractivity contribution in [3.05, 3.63) is 34.4 Å². The fraction of sp³-hybridized carbons (Fsp3) is 0.500. The Balaban J connectivity index is 2.08. The summed E-state index contributed by atoms with van der Waals surface area (Å²) in [6.07, 6.45) is 4.93. The minimum absolute atomic E-state index is 0.0181. The van der Waals surface area contributed by atoms with E-state index in [1.165, 1.54) is 18.2 Å². The van der Waals surface area contributed by atoms with Crippen molar-refractivity contribution in [2.75, 3.05) is 5.75 Å². The van der Waals surface area contributed by atoms with E-state index in [4.69, 9.17) is 0 Å². The predicted octanol–water partition coefficient (Wildman–Crippen LogP) is 2.85. The summed E-state index contributed by atoms with van der Waals surface area (Å²) in [5.41, 5.74) is -0.178. The van der Waals surface area contributed by atoms with Crippen LogP contribution in [0.3, 0.4) is 0 Å². The zero-order valence-electron chi connectivity index (χ0n) is 11.1. The third kappa shape index (κ3) is 3.50. The molecular weight excluding hydrogens is 278 g/mol. The Morgan fingerprint density at radius 2 is 1.90 bits per heavy atom. The predicted molar refractivity (Wildman–Crippen MR) is 76.0 cm³/mol. The molecule has 0 saturated heterocycles. The summed E-state index contributed by atoms with van der Waals surface area (Å²) >= 11 is 0. The van der Waals surface area contributed by atoms with Gasteiger partial charge in [-0.15, -0.1) is 0 Å². The molecule has 0 aliphatic heterocycles. The normalized spacial score (nSPS) is 17.6. The summed E-state index contributed by atoms with van der Waals surface area (Å²) in [5.74, 6) is -0.160. The Labute approximate surface area is 120 Å². The molecule has 1 atom stereocenters. The van der Waals surface area contributed by atoms with Crippen LogP contribution < -0.4 is 0 Å². The number of para-hydroxylation sites is 1. The lowest BCUT2D eigenvalue weighted by atomic mass is 9.87. The standard InChI is InChI=1S/C14H17NO4S/c16-13(11-6-2-1-3-7-11)10-20(19)14-9-5-4-8-12(14)15(17)18/h4-5,8-9,11H,1-3,6-7,10H2. The molecule has 1 unspecified atom stereocenters. The second-order valence-electron chi connectivity index (χ2n) is 5.02. The maximum Gasteiger partial charge on any atom is 0.285 e. The van der Waals surface area contributed by atoms with Gasteiger partial charge in [0.25, 0.3) is 5.69 Å². The average molecular weight is 295 g/mol. The molecule has 0 radical (unpaired) electrons. The highest BCUT2D eigenvalue weighted by Crippen LogP contribution is 2.26. The number of hydrogen-bond donors (Lipinski definition) is 0. The first kappa shape index (κ1) is 14.8. The van der Waals surface area contributed by atoms with Crippen molar-refractivity contribution in [2.24, 2.45) is 5.92 Å². The van der Waals surface area contributed by atoms with E-state index in [-0.39, 0.29) is 28.0 Å². The van der Waals surface area contributed by atoms with Gasteiger partial charge in [-0.3, -0.25) is 19.1 Å². The van der Waals surface area contributed by atoms with Gasteiger partial charge in [0.05, 0.1) is 21.5 Å². The minimum atomic E-state index is -1.64. The van der Waals surface area contributed by atoms with E-state index in [0.29, 0.717) is 0 Å². The van der Waals surface area contributed by atoms with Crippen LogP contribution in [0.4, 0.5) is 5.69 Å². The van der Waals surface area contributed by atoms with Crippen molar-refractivity contribution < 1.29 is 13.9 Å². The Kier molecular flexibility index (Phi) is 5.00. The highest BCUT2D eigenvalue weighted by atomic mass is 32.2. The summed E-state index contributed by atoms with van der Waals surface area (Å²) < 4.78 is 12.2. The Morgan fingerprint density at radius 1 is 1.25 bits per heavy atom. The molecule has 20 heavy (non-hydrogen) atoms. The lowest BCUT2D eigenvalue weighted by Crippen LogP contribution is -2.23. The van der Waals surface area contributed by atoms with Gasteiger partial charge in [0.15, 0.2) is 0 Å². The number of Topliss-reactive ketones (excluding diaryl/α,β-unsaturated/α-hetero) is 1. The van der Waals surface area contributed by atoms with Crippen LogP contribution in [0.15, 0.2) is 29.2 Å². The van der Waals surface area contributed by atoms with Gasteiger partial charge in [-0.25, -0.2) is 0 Å². The van der Waals surface area contributed by atoms with Crippen molar-refractivity contribution in [2.45, 2.75) is 37.0 Å². The third-order valence-corrected chi connectivity index (χ3v) is 5.02. The molecular formula is C14H17NO4S. The van der Waals surface area contributed by atoms with Gasteiger partial charge >= 0.3 is 0 Å². The second kappa shape index (κ2) is 6.74. The lowest BCUT2D eigenvalue weighted by molar-refractivity contribution is -0.387. The maximum atomic E-state index is 12.2. The number of nitro benzene ring substituents is 1. The molecule has 1 aliphatic carbocycles. The topological polar surface area (TPSA) is 77.3 Å². The van der Waals surface area contributed by atoms with Crippen molar-refractivity contribution in [1.82, 2.24) is 0 Å². The van der Waals surface area contributed by atoms with E-state index >= 15 is 0 Å². The molecule has 1 fully saturated rings. The second-order valence-corrected chi connectivity index (χ2v) is 6.44. The Hall–Kier alpha value is -1.56. The molecule has 1 aromatic carbocycles. The summed E-state index contributed by atoms with van der Waals surface area (Å²) in [6, 6.07) is 5.91. The van der Waals surface area contributed by atoms with Crippen LogP contribution in [0.1, 0.15) is 32.1 Å². The summed E-state index contributed by atoms with van der Waals surface area (Å²) in [6.45, 7) is 0. The van der Waals surface area contributed by atoms with E-state index < -0.39 is 15.7 Å². The van der Waals surface area contributed by atoms with Gasteiger partial charge < -0.3 is 0 Å². The van der Waals surface area contributed by atoms with Gasteiger partial charge in [-0.05, 0) is 18.9 Å². The summed E-state index contributed by atoms with van der Waals surface area (Å²) in [5, 5.41) is 10.9.